The van der Waals surface area contributed by atoms with Crippen molar-refractivity contribution in [1.29, 1.82) is 0 Å². The highest BCUT2D eigenvalue weighted by Gasteiger charge is 2.11. The van der Waals surface area contributed by atoms with Gasteiger partial charge in [0.15, 0.2) is 11.5 Å². The van der Waals surface area contributed by atoms with E-state index in [0.29, 0.717) is 44.0 Å². The molecule has 0 saturated carbocycles. The first-order chi connectivity index (χ1) is 28.9. The molecule has 8 heteroatoms. The summed E-state index contributed by atoms with van der Waals surface area (Å²) in [5, 5.41) is 0. The van der Waals surface area contributed by atoms with Crippen molar-refractivity contribution in [2.75, 3.05) is 13.2 Å². The summed E-state index contributed by atoms with van der Waals surface area (Å²) in [5.41, 5.74) is -0.782. The van der Waals surface area contributed by atoms with E-state index in [2.05, 4.69) is 13.8 Å². The molecule has 0 bridgehead atoms. The topological polar surface area (TPSA) is 105 Å². The van der Waals surface area contributed by atoms with Crippen molar-refractivity contribution in [3.8, 4) is 23.0 Å². The van der Waals surface area contributed by atoms with Gasteiger partial charge in [0.05, 0.1) is 13.2 Å². The molecule has 8 nitrogen and oxygen atoms in total. The molecule has 0 radical (unpaired) electrons. The second-order valence-electron chi connectivity index (χ2n) is 16.3. The van der Waals surface area contributed by atoms with Gasteiger partial charge < -0.3 is 18.9 Å². The first-order valence-corrected chi connectivity index (χ1v) is 23.9. The Bertz CT molecular complexity index is 1380. The van der Waals surface area contributed by atoms with Crippen LogP contribution in [0.4, 0.5) is 0 Å². The molecule has 59 heavy (non-hydrogen) atoms. The number of carbonyl (C=O) groups is 2. The first-order valence-electron chi connectivity index (χ1n) is 23.9. The van der Waals surface area contributed by atoms with Gasteiger partial charge in [-0.15, -0.1) is 0 Å². The lowest BCUT2D eigenvalue weighted by Crippen LogP contribution is -2.13. The molecule has 0 fully saturated rings. The highest BCUT2D eigenvalue weighted by atomic mass is 16.5. The van der Waals surface area contributed by atoms with Crippen LogP contribution in [-0.2, 0) is 9.59 Å². The summed E-state index contributed by atoms with van der Waals surface area (Å²) in [4.78, 5) is 49.9. The van der Waals surface area contributed by atoms with Crippen molar-refractivity contribution in [1.82, 2.24) is 0 Å². The van der Waals surface area contributed by atoms with Gasteiger partial charge in [0.25, 0.3) is 0 Å². The van der Waals surface area contributed by atoms with Crippen LogP contribution in [0.2, 0.25) is 0 Å². The van der Waals surface area contributed by atoms with Crippen LogP contribution in [0.25, 0.3) is 0 Å². The Morgan fingerprint density at radius 1 is 0.356 bits per heavy atom. The zero-order valence-electron chi connectivity index (χ0n) is 37.2. The normalized spacial score (nSPS) is 11.0. The Morgan fingerprint density at radius 3 is 0.949 bits per heavy atom. The van der Waals surface area contributed by atoms with Gasteiger partial charge in [-0.05, 0) is 74.2 Å². The van der Waals surface area contributed by atoms with E-state index in [9.17, 15) is 19.2 Å². The summed E-state index contributed by atoms with van der Waals surface area (Å²) in [5.74, 6) is 0.0458. The summed E-state index contributed by atoms with van der Waals surface area (Å²) in [7, 11) is 0. The maximum Gasteiger partial charge on any atom is 0.311 e. The van der Waals surface area contributed by atoms with E-state index in [-0.39, 0.29) is 24.3 Å². The first kappa shape index (κ1) is 51.5. The third kappa shape index (κ3) is 28.4. The van der Waals surface area contributed by atoms with Crippen LogP contribution in [0.15, 0.2) is 58.1 Å². The van der Waals surface area contributed by atoms with Crippen molar-refractivity contribution in [3.05, 3.63) is 69.0 Å². The Kier molecular flexibility index (Phi) is 31.6. The van der Waals surface area contributed by atoms with Gasteiger partial charge in [0.1, 0.15) is 11.5 Å². The van der Waals surface area contributed by atoms with Gasteiger partial charge >= 0.3 is 11.9 Å². The summed E-state index contributed by atoms with van der Waals surface area (Å²) in [6.07, 6.45) is 35.3. The number of unbranched alkanes of at least 4 members (excludes halogenated alkanes) is 26. The quantitative estimate of drug-likeness (QED) is 0.0487. The molecule has 0 aliphatic carbocycles. The molecule has 0 aliphatic rings. The highest BCUT2D eigenvalue weighted by Crippen LogP contribution is 2.17. The van der Waals surface area contributed by atoms with Crippen LogP contribution in [0, 0.1) is 0 Å². The fourth-order valence-corrected chi connectivity index (χ4v) is 7.11. The highest BCUT2D eigenvalue weighted by molar-refractivity contribution is 5.73. The molecule has 0 aliphatic heterocycles. The van der Waals surface area contributed by atoms with E-state index in [4.69, 9.17) is 18.9 Å². The minimum absolute atomic E-state index is 0.0352. The minimum atomic E-state index is -0.509. The Morgan fingerprint density at radius 2 is 0.627 bits per heavy atom. The molecule has 2 rings (SSSR count). The SMILES string of the molecule is CCCCCCCCCCCCCCCOc1ccc(OC(=O)CCCCCC(=O)Oc2ccc(OCCCCCCCCCCCCCCC)ccc2=O)c(=O)cc1. The molecule has 2 aromatic rings. The molecular formula is C51H80O8. The maximum absolute atomic E-state index is 12.5. The number of esters is 2. The number of ether oxygens (including phenoxy) is 4. The largest absolute Gasteiger partial charge is 0.494 e. The summed E-state index contributed by atoms with van der Waals surface area (Å²) < 4.78 is 22.4. The van der Waals surface area contributed by atoms with Crippen molar-refractivity contribution in [2.24, 2.45) is 0 Å². The number of rotatable bonds is 38. The molecule has 0 amide bonds. The zero-order chi connectivity index (χ0) is 42.4. The second-order valence-corrected chi connectivity index (χ2v) is 16.3. The standard InChI is InChI=1S/C51H80O8/c1-3-5-7-9-11-13-15-17-19-21-23-25-30-42-56-44-34-38-46(52)48(40-36-44)58-50(54)32-28-27-29-33-51(55)59-49-41-37-45(35-39-47(49)53)57-43-31-26-24-22-20-18-16-14-12-10-8-6-4-2/h34-41H,3-33,42-43H2,1-2H3. The molecule has 0 unspecified atom stereocenters. The summed E-state index contributed by atoms with van der Waals surface area (Å²) in [6.45, 7) is 5.68. The fourth-order valence-electron chi connectivity index (χ4n) is 7.11. The molecular weight excluding hydrogens is 741 g/mol. The lowest BCUT2D eigenvalue weighted by molar-refractivity contribution is -0.135. The van der Waals surface area contributed by atoms with E-state index in [0.717, 1.165) is 25.7 Å². The van der Waals surface area contributed by atoms with Crippen molar-refractivity contribution in [3.63, 3.8) is 0 Å². The molecule has 2 aromatic carbocycles. The third-order valence-corrected chi connectivity index (χ3v) is 10.8. The summed E-state index contributed by atoms with van der Waals surface area (Å²) in [6, 6.07) is 12.2. The van der Waals surface area contributed by atoms with Gasteiger partial charge in [-0.3, -0.25) is 19.2 Å². The van der Waals surface area contributed by atoms with E-state index >= 15 is 0 Å². The van der Waals surface area contributed by atoms with E-state index in [1.807, 2.05) is 0 Å². The van der Waals surface area contributed by atoms with Crippen LogP contribution < -0.4 is 29.8 Å². The smallest absolute Gasteiger partial charge is 0.311 e. The Labute approximate surface area is 357 Å². The molecule has 0 N–H and O–H groups in total. The van der Waals surface area contributed by atoms with Crippen molar-refractivity contribution in [2.45, 2.75) is 213 Å². The van der Waals surface area contributed by atoms with Crippen LogP contribution in [0.5, 0.6) is 23.0 Å². The van der Waals surface area contributed by atoms with Crippen molar-refractivity contribution < 1.29 is 28.5 Å². The van der Waals surface area contributed by atoms with Crippen LogP contribution >= 0.6 is 0 Å². The van der Waals surface area contributed by atoms with Crippen LogP contribution in [0.3, 0.4) is 0 Å². The van der Waals surface area contributed by atoms with Gasteiger partial charge in [0.2, 0.25) is 10.9 Å². The fraction of sp³-hybridized carbons (Fsp3) is 0.686. The van der Waals surface area contributed by atoms with Gasteiger partial charge in [-0.25, -0.2) is 0 Å². The molecule has 0 spiro atoms. The van der Waals surface area contributed by atoms with E-state index in [1.165, 1.54) is 166 Å². The van der Waals surface area contributed by atoms with Gasteiger partial charge in [-0.1, -0.05) is 174 Å². The van der Waals surface area contributed by atoms with Crippen molar-refractivity contribution >= 4 is 11.9 Å². The lowest BCUT2D eigenvalue weighted by Gasteiger charge is -2.05. The van der Waals surface area contributed by atoms with Crippen LogP contribution in [0.1, 0.15) is 213 Å². The van der Waals surface area contributed by atoms with Crippen LogP contribution in [-0.4, -0.2) is 25.2 Å². The number of hydrogen-bond acceptors (Lipinski definition) is 8. The number of hydrogen-bond donors (Lipinski definition) is 0. The second kappa shape index (κ2) is 36.2. The molecule has 0 heterocycles. The minimum Gasteiger partial charge on any atom is -0.494 e. The van der Waals surface area contributed by atoms with Gasteiger partial charge in [-0.2, -0.15) is 0 Å². The predicted octanol–water partition coefficient (Wildman–Crippen LogP) is 13.8. The maximum atomic E-state index is 12.5. The third-order valence-electron chi connectivity index (χ3n) is 10.8. The molecule has 0 atom stereocenters. The monoisotopic (exact) mass is 821 g/mol. The average molecular weight is 821 g/mol. The van der Waals surface area contributed by atoms with E-state index in [1.54, 1.807) is 24.3 Å². The Balaban J connectivity index is 1.53. The number of carbonyl (C=O) groups excluding carboxylic acids is 2. The average Bonchev–Trinajstić information content (AvgIpc) is 3.51. The predicted molar refractivity (Wildman–Crippen MR) is 242 cm³/mol. The zero-order valence-corrected chi connectivity index (χ0v) is 37.2. The molecule has 0 saturated heterocycles. The van der Waals surface area contributed by atoms with E-state index < -0.39 is 22.8 Å². The van der Waals surface area contributed by atoms with Gasteiger partial charge in [0, 0.05) is 12.8 Å². The summed E-state index contributed by atoms with van der Waals surface area (Å²) >= 11 is 0. The Hall–Kier alpha value is -3.68. The lowest BCUT2D eigenvalue weighted by atomic mass is 10.0. The molecule has 0 aromatic heterocycles. The molecule has 332 valence electrons.